The molecule has 31 heavy (non-hydrogen) atoms. The van der Waals surface area contributed by atoms with E-state index in [1.54, 1.807) is 31.2 Å². The van der Waals surface area contributed by atoms with Crippen LogP contribution in [0, 0.1) is 13.8 Å². The minimum Gasteiger partial charge on any atom is -0.451 e. The maximum absolute atomic E-state index is 12.9. The molecule has 0 aromatic heterocycles. The first kappa shape index (κ1) is 22.0. The van der Waals surface area contributed by atoms with Crippen LogP contribution in [0.3, 0.4) is 0 Å². The number of ether oxygens (including phenoxy) is 1. The van der Waals surface area contributed by atoms with Crippen molar-refractivity contribution in [2.24, 2.45) is 0 Å². The number of rotatable bonds is 6. The number of imide groups is 1. The highest BCUT2D eigenvalue weighted by Crippen LogP contribution is 2.29. The highest BCUT2D eigenvalue weighted by Gasteiger charge is 2.49. The number of hydrogen-bond donors (Lipinski definition) is 2. The Bertz CT molecular complexity index is 1020. The SMILES string of the molecule is Cc1ccc(NC(=O)[C@@H](C)OC(=O)CN2C(=O)N[C@@](C)(c3ccc(C)cc3)C2=O)cc1. The molecule has 0 unspecified atom stereocenters. The van der Waals surface area contributed by atoms with Crippen LogP contribution in [0.15, 0.2) is 48.5 Å². The Kier molecular flexibility index (Phi) is 6.10. The van der Waals surface area contributed by atoms with Gasteiger partial charge in [-0.25, -0.2) is 4.79 Å². The van der Waals surface area contributed by atoms with Gasteiger partial charge in [-0.15, -0.1) is 0 Å². The highest BCUT2D eigenvalue weighted by molar-refractivity contribution is 6.09. The minimum atomic E-state index is -1.28. The minimum absolute atomic E-state index is 0.515. The molecule has 1 aliphatic heterocycles. The number of esters is 1. The second-order valence-corrected chi connectivity index (χ2v) is 7.80. The third kappa shape index (κ3) is 4.74. The molecule has 1 fully saturated rings. The van der Waals surface area contributed by atoms with E-state index in [-0.39, 0.29) is 0 Å². The van der Waals surface area contributed by atoms with E-state index in [1.807, 2.05) is 38.1 Å². The fraction of sp³-hybridized carbons (Fsp3) is 0.304. The lowest BCUT2D eigenvalue weighted by Gasteiger charge is -2.22. The zero-order valence-electron chi connectivity index (χ0n) is 17.9. The smallest absolute Gasteiger partial charge is 0.327 e. The number of nitrogens with zero attached hydrogens (tertiary/aromatic N) is 1. The largest absolute Gasteiger partial charge is 0.451 e. The van der Waals surface area contributed by atoms with Crippen molar-refractivity contribution in [1.29, 1.82) is 0 Å². The van der Waals surface area contributed by atoms with Crippen molar-refractivity contribution in [3.05, 3.63) is 65.2 Å². The molecule has 1 saturated heterocycles. The van der Waals surface area contributed by atoms with Crippen LogP contribution in [-0.2, 0) is 24.7 Å². The van der Waals surface area contributed by atoms with E-state index >= 15 is 0 Å². The van der Waals surface area contributed by atoms with Gasteiger partial charge in [0.05, 0.1) is 0 Å². The van der Waals surface area contributed by atoms with E-state index in [2.05, 4.69) is 10.6 Å². The zero-order chi connectivity index (χ0) is 22.8. The maximum atomic E-state index is 12.9. The van der Waals surface area contributed by atoms with Crippen molar-refractivity contribution < 1.29 is 23.9 Å². The van der Waals surface area contributed by atoms with Gasteiger partial charge >= 0.3 is 12.0 Å². The van der Waals surface area contributed by atoms with Gasteiger partial charge in [-0.05, 0) is 45.4 Å². The molecule has 1 heterocycles. The van der Waals surface area contributed by atoms with E-state index in [4.69, 9.17) is 4.74 Å². The van der Waals surface area contributed by atoms with Crippen LogP contribution in [0.1, 0.15) is 30.5 Å². The van der Waals surface area contributed by atoms with Gasteiger partial charge in [0.25, 0.3) is 11.8 Å². The monoisotopic (exact) mass is 423 g/mol. The molecular weight excluding hydrogens is 398 g/mol. The lowest BCUT2D eigenvalue weighted by molar-refractivity contribution is -0.155. The van der Waals surface area contributed by atoms with Gasteiger partial charge < -0.3 is 15.4 Å². The summed E-state index contributed by atoms with van der Waals surface area (Å²) in [5.41, 5.74) is 1.96. The van der Waals surface area contributed by atoms with Gasteiger partial charge in [0, 0.05) is 5.69 Å². The number of nitrogens with one attached hydrogen (secondary N) is 2. The number of amides is 4. The molecule has 8 heteroatoms. The standard InChI is InChI=1S/C23H25N3O5/c1-14-5-9-17(10-6-14)23(4)21(29)26(22(30)25-23)13-19(27)31-16(3)20(28)24-18-11-7-15(2)8-12-18/h5-12,16H,13H2,1-4H3,(H,24,28)(H,25,30)/t16-,23+/m1/s1. The summed E-state index contributed by atoms with van der Waals surface area (Å²) >= 11 is 0. The molecule has 0 saturated carbocycles. The average Bonchev–Trinajstić information content (AvgIpc) is 2.94. The van der Waals surface area contributed by atoms with Crippen molar-refractivity contribution in [2.45, 2.75) is 39.3 Å². The summed E-state index contributed by atoms with van der Waals surface area (Å²) in [7, 11) is 0. The third-order valence-electron chi connectivity index (χ3n) is 5.19. The summed E-state index contributed by atoms with van der Waals surface area (Å²) in [6, 6.07) is 13.7. The van der Waals surface area contributed by atoms with Crippen molar-refractivity contribution in [2.75, 3.05) is 11.9 Å². The normalized spacial score (nSPS) is 19.0. The Morgan fingerprint density at radius 1 is 1.03 bits per heavy atom. The summed E-state index contributed by atoms with van der Waals surface area (Å²) in [6.07, 6.45) is -1.10. The molecule has 2 N–H and O–H groups in total. The summed E-state index contributed by atoms with van der Waals surface area (Å²) in [4.78, 5) is 50.7. The van der Waals surface area contributed by atoms with Gasteiger partial charge in [0.2, 0.25) is 0 Å². The molecule has 0 bridgehead atoms. The molecule has 2 aromatic rings. The summed E-state index contributed by atoms with van der Waals surface area (Å²) in [5.74, 6) is -1.93. The Balaban J connectivity index is 1.61. The van der Waals surface area contributed by atoms with Crippen LogP contribution in [0.2, 0.25) is 0 Å². The number of benzene rings is 2. The van der Waals surface area contributed by atoms with Crippen LogP contribution < -0.4 is 10.6 Å². The van der Waals surface area contributed by atoms with Gasteiger partial charge in [-0.3, -0.25) is 19.3 Å². The fourth-order valence-corrected chi connectivity index (χ4v) is 3.22. The first-order chi connectivity index (χ1) is 14.6. The molecule has 2 atom stereocenters. The topological polar surface area (TPSA) is 105 Å². The molecular formula is C23H25N3O5. The predicted octanol–water partition coefficient (Wildman–Crippen LogP) is 2.64. The van der Waals surface area contributed by atoms with E-state index < -0.39 is 42.0 Å². The summed E-state index contributed by atoms with van der Waals surface area (Å²) < 4.78 is 5.13. The van der Waals surface area contributed by atoms with Crippen molar-refractivity contribution >= 4 is 29.5 Å². The van der Waals surface area contributed by atoms with E-state index in [0.29, 0.717) is 11.3 Å². The first-order valence-corrected chi connectivity index (χ1v) is 9.88. The quantitative estimate of drug-likeness (QED) is 0.549. The molecule has 2 aromatic carbocycles. The number of carbonyl (C=O) groups is 4. The summed E-state index contributed by atoms with van der Waals surface area (Å²) in [6.45, 7) is 6.26. The average molecular weight is 423 g/mol. The molecule has 3 rings (SSSR count). The lowest BCUT2D eigenvalue weighted by atomic mass is 9.91. The second kappa shape index (κ2) is 8.59. The molecule has 0 radical (unpaired) electrons. The Labute approximate surface area is 180 Å². The van der Waals surface area contributed by atoms with Crippen molar-refractivity contribution in [1.82, 2.24) is 10.2 Å². The molecule has 0 spiro atoms. The van der Waals surface area contributed by atoms with E-state index in [1.165, 1.54) is 6.92 Å². The maximum Gasteiger partial charge on any atom is 0.327 e. The number of aryl methyl sites for hydroxylation is 2. The van der Waals surface area contributed by atoms with Crippen LogP contribution in [-0.4, -0.2) is 41.4 Å². The molecule has 8 nitrogen and oxygen atoms in total. The van der Waals surface area contributed by atoms with Gasteiger partial charge in [0.15, 0.2) is 6.10 Å². The molecule has 4 amide bonds. The first-order valence-electron chi connectivity index (χ1n) is 9.88. The Hall–Kier alpha value is -3.68. The zero-order valence-corrected chi connectivity index (χ0v) is 17.9. The molecule has 0 aliphatic carbocycles. The van der Waals surface area contributed by atoms with Crippen molar-refractivity contribution in [3.8, 4) is 0 Å². The van der Waals surface area contributed by atoms with Crippen LogP contribution in [0.4, 0.5) is 10.5 Å². The van der Waals surface area contributed by atoms with Gasteiger partial charge in [0.1, 0.15) is 12.1 Å². The fourth-order valence-electron chi connectivity index (χ4n) is 3.22. The number of carbonyl (C=O) groups excluding carboxylic acids is 4. The second-order valence-electron chi connectivity index (χ2n) is 7.80. The van der Waals surface area contributed by atoms with Crippen molar-refractivity contribution in [3.63, 3.8) is 0 Å². The van der Waals surface area contributed by atoms with Gasteiger partial charge in [-0.1, -0.05) is 47.5 Å². The number of urea groups is 1. The number of hydrogen-bond acceptors (Lipinski definition) is 5. The van der Waals surface area contributed by atoms with Crippen LogP contribution in [0.5, 0.6) is 0 Å². The lowest BCUT2D eigenvalue weighted by Crippen LogP contribution is -2.42. The van der Waals surface area contributed by atoms with E-state index in [9.17, 15) is 19.2 Å². The Morgan fingerprint density at radius 3 is 2.16 bits per heavy atom. The Morgan fingerprint density at radius 2 is 1.58 bits per heavy atom. The van der Waals surface area contributed by atoms with E-state index in [0.717, 1.165) is 16.0 Å². The van der Waals surface area contributed by atoms with Crippen LogP contribution >= 0.6 is 0 Å². The highest BCUT2D eigenvalue weighted by atomic mass is 16.5. The van der Waals surface area contributed by atoms with Gasteiger partial charge in [-0.2, -0.15) is 0 Å². The number of anilines is 1. The summed E-state index contributed by atoms with van der Waals surface area (Å²) in [5, 5.41) is 5.28. The molecule has 162 valence electrons. The molecule has 1 aliphatic rings. The predicted molar refractivity (Wildman–Crippen MR) is 114 cm³/mol. The third-order valence-corrected chi connectivity index (χ3v) is 5.19. The van der Waals surface area contributed by atoms with Crippen LogP contribution in [0.25, 0.3) is 0 Å².